The molecule has 1 aromatic carbocycles. The van der Waals surface area contributed by atoms with E-state index in [9.17, 15) is 10.1 Å². The first-order valence-electron chi connectivity index (χ1n) is 4.41. The third kappa shape index (κ3) is 2.90. The molecule has 0 radical (unpaired) electrons. The van der Waals surface area contributed by atoms with Crippen molar-refractivity contribution < 1.29 is 4.92 Å². The van der Waals surface area contributed by atoms with E-state index in [0.29, 0.717) is 23.2 Å². The van der Waals surface area contributed by atoms with Crippen LogP contribution < -0.4 is 10.6 Å². The Morgan fingerprint density at radius 1 is 1.60 bits per heavy atom. The first-order valence-corrected chi connectivity index (χ1v) is 5.20. The van der Waals surface area contributed by atoms with Crippen LogP contribution in [-0.4, -0.2) is 25.1 Å². The topological polar surface area (TPSA) is 72.4 Å². The summed E-state index contributed by atoms with van der Waals surface area (Å²) in [4.78, 5) is 12.2. The van der Waals surface area contributed by atoms with Gasteiger partial charge in [0.2, 0.25) is 0 Å². The van der Waals surface area contributed by atoms with Gasteiger partial charge in [0.25, 0.3) is 5.69 Å². The molecule has 0 atom stereocenters. The van der Waals surface area contributed by atoms with Gasteiger partial charge in [-0.15, -0.1) is 0 Å². The maximum absolute atomic E-state index is 10.8. The standard InChI is InChI=1S/C9H12BrN3O2/c1-12(5-4-11)8-3-2-7(10)6-9(8)13(14)15/h2-3,6H,4-5,11H2,1H3. The Morgan fingerprint density at radius 3 is 2.80 bits per heavy atom. The monoisotopic (exact) mass is 273 g/mol. The fraction of sp³-hybridized carbons (Fsp3) is 0.333. The van der Waals surface area contributed by atoms with Gasteiger partial charge in [0, 0.05) is 30.7 Å². The molecule has 2 N–H and O–H groups in total. The highest BCUT2D eigenvalue weighted by molar-refractivity contribution is 9.10. The van der Waals surface area contributed by atoms with Gasteiger partial charge in [-0.05, 0) is 12.1 Å². The number of nitro groups is 1. The second-order valence-electron chi connectivity index (χ2n) is 3.10. The largest absolute Gasteiger partial charge is 0.368 e. The number of benzene rings is 1. The van der Waals surface area contributed by atoms with Gasteiger partial charge in [-0.2, -0.15) is 0 Å². The summed E-state index contributed by atoms with van der Waals surface area (Å²) in [6.45, 7) is 1.05. The van der Waals surface area contributed by atoms with Crippen molar-refractivity contribution in [2.45, 2.75) is 0 Å². The van der Waals surface area contributed by atoms with E-state index in [2.05, 4.69) is 15.9 Å². The van der Waals surface area contributed by atoms with E-state index in [1.54, 1.807) is 24.1 Å². The van der Waals surface area contributed by atoms with E-state index in [1.165, 1.54) is 6.07 Å². The number of hydrogen-bond donors (Lipinski definition) is 1. The summed E-state index contributed by atoms with van der Waals surface area (Å²) in [5.74, 6) is 0. The summed E-state index contributed by atoms with van der Waals surface area (Å²) < 4.78 is 0.694. The number of hydrogen-bond acceptors (Lipinski definition) is 4. The van der Waals surface area contributed by atoms with Crippen LogP contribution in [-0.2, 0) is 0 Å². The van der Waals surface area contributed by atoms with Crippen LogP contribution in [0.3, 0.4) is 0 Å². The molecule has 82 valence electrons. The van der Waals surface area contributed by atoms with Crippen molar-refractivity contribution in [3.63, 3.8) is 0 Å². The lowest BCUT2D eigenvalue weighted by atomic mass is 10.2. The number of likely N-dealkylation sites (N-methyl/N-ethyl adjacent to an activating group) is 1. The lowest BCUT2D eigenvalue weighted by molar-refractivity contribution is -0.384. The van der Waals surface area contributed by atoms with E-state index in [0.717, 1.165) is 0 Å². The first kappa shape index (κ1) is 11.9. The normalized spacial score (nSPS) is 10.1. The van der Waals surface area contributed by atoms with Crippen molar-refractivity contribution in [3.8, 4) is 0 Å². The highest BCUT2D eigenvalue weighted by Crippen LogP contribution is 2.30. The van der Waals surface area contributed by atoms with Gasteiger partial charge in [0.15, 0.2) is 0 Å². The fourth-order valence-electron chi connectivity index (χ4n) is 1.28. The summed E-state index contributed by atoms with van der Waals surface area (Å²) >= 11 is 3.21. The Bertz CT molecular complexity index is 370. The molecule has 6 heteroatoms. The number of nitrogens with two attached hydrogens (primary N) is 1. The molecular formula is C9H12BrN3O2. The zero-order valence-corrected chi connectivity index (χ0v) is 9.90. The number of rotatable bonds is 4. The van der Waals surface area contributed by atoms with Gasteiger partial charge in [-0.25, -0.2) is 0 Å². The maximum Gasteiger partial charge on any atom is 0.293 e. The fourth-order valence-corrected chi connectivity index (χ4v) is 1.63. The zero-order valence-electron chi connectivity index (χ0n) is 8.31. The van der Waals surface area contributed by atoms with Gasteiger partial charge in [0.1, 0.15) is 5.69 Å². The third-order valence-electron chi connectivity index (χ3n) is 2.01. The Morgan fingerprint density at radius 2 is 2.27 bits per heavy atom. The van der Waals surface area contributed by atoms with Crippen LogP contribution in [0.5, 0.6) is 0 Å². The molecule has 0 bridgehead atoms. The van der Waals surface area contributed by atoms with Crippen LogP contribution in [0.4, 0.5) is 11.4 Å². The Hall–Kier alpha value is -1.14. The van der Waals surface area contributed by atoms with E-state index in [4.69, 9.17) is 5.73 Å². The van der Waals surface area contributed by atoms with Crippen LogP contribution >= 0.6 is 15.9 Å². The molecule has 1 rings (SSSR count). The molecule has 0 saturated carbocycles. The molecule has 0 unspecified atom stereocenters. The summed E-state index contributed by atoms with van der Waals surface area (Å²) in [7, 11) is 1.78. The quantitative estimate of drug-likeness (QED) is 0.670. The van der Waals surface area contributed by atoms with E-state index >= 15 is 0 Å². The Kier molecular flexibility index (Phi) is 4.05. The average Bonchev–Trinajstić information content (AvgIpc) is 2.17. The minimum absolute atomic E-state index is 0.0836. The molecule has 0 fully saturated rings. The molecule has 0 aliphatic rings. The molecule has 0 aromatic heterocycles. The van der Waals surface area contributed by atoms with Gasteiger partial charge >= 0.3 is 0 Å². The first-order chi connectivity index (χ1) is 7.06. The highest BCUT2D eigenvalue weighted by Gasteiger charge is 2.16. The lowest BCUT2D eigenvalue weighted by Gasteiger charge is -2.17. The van der Waals surface area contributed by atoms with E-state index in [1.807, 2.05) is 0 Å². The maximum atomic E-state index is 10.8. The number of halogens is 1. The number of nitro benzene ring substituents is 1. The van der Waals surface area contributed by atoms with Crippen molar-refractivity contribution >= 4 is 27.3 Å². The third-order valence-corrected chi connectivity index (χ3v) is 2.50. The minimum Gasteiger partial charge on any atom is -0.368 e. The molecule has 0 amide bonds. The molecule has 0 spiro atoms. The van der Waals surface area contributed by atoms with Gasteiger partial charge in [-0.1, -0.05) is 15.9 Å². The molecule has 0 aliphatic heterocycles. The van der Waals surface area contributed by atoms with Crippen LogP contribution in [0.1, 0.15) is 0 Å². The van der Waals surface area contributed by atoms with Gasteiger partial charge in [-0.3, -0.25) is 10.1 Å². The lowest BCUT2D eigenvalue weighted by Crippen LogP contribution is -2.25. The molecule has 0 heterocycles. The summed E-state index contributed by atoms with van der Waals surface area (Å²) in [6, 6.07) is 4.97. The van der Waals surface area contributed by atoms with Crippen molar-refractivity contribution in [2.75, 3.05) is 25.0 Å². The Labute approximate surface area is 96.1 Å². The van der Waals surface area contributed by atoms with Crippen molar-refractivity contribution in [3.05, 3.63) is 32.8 Å². The van der Waals surface area contributed by atoms with E-state index in [-0.39, 0.29) is 5.69 Å². The van der Waals surface area contributed by atoms with E-state index < -0.39 is 4.92 Å². The molecule has 15 heavy (non-hydrogen) atoms. The number of anilines is 1. The Balaban J connectivity index is 3.10. The van der Waals surface area contributed by atoms with Crippen molar-refractivity contribution in [1.82, 2.24) is 0 Å². The van der Waals surface area contributed by atoms with Gasteiger partial charge < -0.3 is 10.6 Å². The second kappa shape index (κ2) is 5.09. The second-order valence-corrected chi connectivity index (χ2v) is 4.02. The smallest absolute Gasteiger partial charge is 0.293 e. The van der Waals surface area contributed by atoms with Crippen LogP contribution in [0, 0.1) is 10.1 Å². The SMILES string of the molecule is CN(CCN)c1ccc(Br)cc1[N+](=O)[O-]. The van der Waals surface area contributed by atoms with Crippen molar-refractivity contribution in [1.29, 1.82) is 0 Å². The summed E-state index contributed by atoms with van der Waals surface area (Å²) in [5.41, 5.74) is 6.06. The molecule has 0 aliphatic carbocycles. The molecule has 1 aromatic rings. The number of nitrogens with zero attached hydrogens (tertiary/aromatic N) is 2. The highest BCUT2D eigenvalue weighted by atomic mass is 79.9. The molecule has 0 saturated heterocycles. The molecule has 5 nitrogen and oxygen atoms in total. The summed E-state index contributed by atoms with van der Waals surface area (Å²) in [5, 5.41) is 10.8. The minimum atomic E-state index is -0.396. The van der Waals surface area contributed by atoms with Crippen LogP contribution in [0.2, 0.25) is 0 Å². The van der Waals surface area contributed by atoms with Crippen LogP contribution in [0.15, 0.2) is 22.7 Å². The summed E-state index contributed by atoms with van der Waals surface area (Å²) in [6.07, 6.45) is 0. The predicted molar refractivity (Wildman–Crippen MR) is 63.1 cm³/mol. The zero-order chi connectivity index (χ0) is 11.4. The molecular weight excluding hydrogens is 262 g/mol. The van der Waals surface area contributed by atoms with Gasteiger partial charge in [0.05, 0.1) is 4.92 Å². The average molecular weight is 274 g/mol. The van der Waals surface area contributed by atoms with Crippen molar-refractivity contribution in [2.24, 2.45) is 5.73 Å². The van der Waals surface area contributed by atoms with Crippen LogP contribution in [0.25, 0.3) is 0 Å². The predicted octanol–water partition coefficient (Wildman–Crippen LogP) is 1.75.